The zero-order valence-electron chi connectivity index (χ0n) is 16.1. The molecule has 2 amide bonds. The molecule has 8 heteroatoms. The number of hydrogen-bond acceptors (Lipinski definition) is 4. The van der Waals surface area contributed by atoms with Gasteiger partial charge in [-0.2, -0.15) is 5.10 Å². The van der Waals surface area contributed by atoms with Crippen molar-refractivity contribution >= 4 is 17.8 Å². The lowest BCUT2D eigenvalue weighted by atomic mass is 10.1. The number of aliphatic imine (C=N–C) groups is 1. The van der Waals surface area contributed by atoms with Gasteiger partial charge in [0.15, 0.2) is 5.96 Å². The molecule has 1 saturated heterocycles. The summed E-state index contributed by atoms with van der Waals surface area (Å²) in [5.74, 6) is 0.490. The Balaban J connectivity index is 1.39. The number of benzene rings is 1. The van der Waals surface area contributed by atoms with E-state index in [-0.39, 0.29) is 11.8 Å². The zero-order chi connectivity index (χ0) is 19.8. The summed E-state index contributed by atoms with van der Waals surface area (Å²) in [6.07, 6.45) is 6.09. The summed E-state index contributed by atoms with van der Waals surface area (Å²) in [4.78, 5) is 29.1. The van der Waals surface area contributed by atoms with E-state index in [1.54, 1.807) is 13.2 Å². The maximum atomic E-state index is 11.8. The second-order valence-corrected chi connectivity index (χ2v) is 6.59. The lowest BCUT2D eigenvalue weighted by Gasteiger charge is -2.25. The summed E-state index contributed by atoms with van der Waals surface area (Å²) in [6.45, 7) is 1.57. The number of rotatable bonds is 7. The Kier molecular flexibility index (Phi) is 6.78. The predicted octanol–water partition coefficient (Wildman–Crippen LogP) is 1.12. The minimum absolute atomic E-state index is 0.0837. The molecule has 148 valence electrons. The third kappa shape index (κ3) is 5.18. The average Bonchev–Trinajstić information content (AvgIpc) is 3.24. The molecule has 8 nitrogen and oxygen atoms in total. The van der Waals surface area contributed by atoms with E-state index in [0.717, 1.165) is 18.7 Å². The molecule has 3 rings (SSSR count). The van der Waals surface area contributed by atoms with Gasteiger partial charge in [0, 0.05) is 51.9 Å². The molecule has 1 aliphatic rings. The maximum Gasteiger partial charge on any atom is 0.229 e. The van der Waals surface area contributed by atoms with Crippen molar-refractivity contribution in [1.82, 2.24) is 25.3 Å². The van der Waals surface area contributed by atoms with Crippen molar-refractivity contribution in [3.8, 4) is 5.69 Å². The van der Waals surface area contributed by atoms with Gasteiger partial charge in [-0.1, -0.05) is 12.1 Å². The topological polar surface area (TPSA) is 91.6 Å². The molecule has 0 bridgehead atoms. The number of piperidine rings is 1. The Morgan fingerprint density at radius 1 is 1.11 bits per heavy atom. The largest absolute Gasteiger partial charge is 0.356 e. The van der Waals surface area contributed by atoms with Gasteiger partial charge in [0.05, 0.1) is 5.69 Å². The molecular weight excluding hydrogens is 356 g/mol. The Bertz CT molecular complexity index is 798. The first-order valence-corrected chi connectivity index (χ1v) is 9.54. The van der Waals surface area contributed by atoms with Crippen LogP contribution in [0, 0.1) is 0 Å². The van der Waals surface area contributed by atoms with Gasteiger partial charge in [0.2, 0.25) is 11.8 Å². The number of likely N-dealkylation sites (tertiary alicyclic amines) is 1. The molecule has 0 radical (unpaired) electrons. The van der Waals surface area contributed by atoms with Gasteiger partial charge in [-0.3, -0.25) is 19.5 Å². The Morgan fingerprint density at radius 3 is 2.46 bits per heavy atom. The van der Waals surface area contributed by atoms with Crippen LogP contribution >= 0.6 is 0 Å². The number of carbonyl (C=O) groups excluding carboxylic acids is 2. The predicted molar refractivity (Wildman–Crippen MR) is 107 cm³/mol. The summed E-state index contributed by atoms with van der Waals surface area (Å²) in [5.41, 5.74) is 2.24. The molecule has 0 atom stereocenters. The summed E-state index contributed by atoms with van der Waals surface area (Å²) in [5, 5.41) is 10.6. The number of amides is 2. The highest BCUT2D eigenvalue weighted by Gasteiger charge is 2.25. The molecule has 0 saturated carbocycles. The molecule has 1 aromatic heterocycles. The van der Waals surface area contributed by atoms with Crippen LogP contribution in [0.3, 0.4) is 0 Å². The van der Waals surface area contributed by atoms with Gasteiger partial charge in [0.1, 0.15) is 0 Å². The van der Waals surface area contributed by atoms with Crippen LogP contribution in [-0.2, 0) is 16.0 Å². The fourth-order valence-corrected chi connectivity index (χ4v) is 3.12. The van der Waals surface area contributed by atoms with Crippen LogP contribution in [0.25, 0.3) is 5.69 Å². The molecule has 2 N–H and O–H groups in total. The monoisotopic (exact) mass is 382 g/mol. The van der Waals surface area contributed by atoms with Crippen molar-refractivity contribution in [3.05, 3.63) is 48.3 Å². The third-order valence-corrected chi connectivity index (χ3v) is 4.65. The van der Waals surface area contributed by atoms with E-state index in [9.17, 15) is 9.59 Å². The smallest absolute Gasteiger partial charge is 0.229 e. The molecule has 1 aliphatic heterocycles. The van der Waals surface area contributed by atoms with Gasteiger partial charge < -0.3 is 10.6 Å². The van der Waals surface area contributed by atoms with E-state index in [0.29, 0.717) is 38.3 Å². The second-order valence-electron chi connectivity index (χ2n) is 6.59. The third-order valence-electron chi connectivity index (χ3n) is 4.65. The van der Waals surface area contributed by atoms with Crippen LogP contribution < -0.4 is 10.6 Å². The highest BCUT2D eigenvalue weighted by atomic mass is 16.2. The number of nitrogens with one attached hydrogen (secondary N) is 2. The van der Waals surface area contributed by atoms with Crippen LogP contribution in [0.5, 0.6) is 0 Å². The molecule has 0 aliphatic carbocycles. The first-order valence-electron chi connectivity index (χ1n) is 9.54. The van der Waals surface area contributed by atoms with Crippen LogP contribution in [0.1, 0.15) is 24.8 Å². The van der Waals surface area contributed by atoms with E-state index in [1.807, 2.05) is 29.1 Å². The van der Waals surface area contributed by atoms with Gasteiger partial charge in [-0.05, 0) is 36.6 Å². The van der Waals surface area contributed by atoms with Gasteiger partial charge >= 0.3 is 0 Å². The standard InChI is InChI=1S/C20H26N6O2/c1-21-20(23-13-15-25-18(27)4-2-5-19(25)28)22-12-10-16-6-8-17(9-7-16)26-14-3-11-24-26/h3,6-9,11,14H,2,4-5,10,12-13,15H2,1H3,(H2,21,22,23). The SMILES string of the molecule is CN=C(NCCc1ccc(-n2cccn2)cc1)NCCN1C(=O)CCCC1=O. The summed E-state index contributed by atoms with van der Waals surface area (Å²) in [6, 6.07) is 10.2. The fraction of sp³-hybridized carbons (Fsp3) is 0.400. The van der Waals surface area contributed by atoms with Crippen molar-refractivity contribution in [2.45, 2.75) is 25.7 Å². The van der Waals surface area contributed by atoms with E-state index >= 15 is 0 Å². The number of imide groups is 1. The first kappa shape index (κ1) is 19.6. The Hall–Kier alpha value is -3.16. The molecule has 2 heterocycles. The lowest BCUT2D eigenvalue weighted by Crippen LogP contribution is -2.46. The normalized spacial score (nSPS) is 15.0. The lowest BCUT2D eigenvalue weighted by molar-refractivity contribution is -0.147. The van der Waals surface area contributed by atoms with E-state index in [2.05, 4.69) is 32.9 Å². The molecular formula is C20H26N6O2. The van der Waals surface area contributed by atoms with E-state index in [1.165, 1.54) is 10.5 Å². The number of carbonyl (C=O) groups is 2. The van der Waals surface area contributed by atoms with Crippen LogP contribution in [0.2, 0.25) is 0 Å². The van der Waals surface area contributed by atoms with E-state index in [4.69, 9.17) is 0 Å². The van der Waals surface area contributed by atoms with Crippen molar-refractivity contribution < 1.29 is 9.59 Å². The highest BCUT2D eigenvalue weighted by molar-refractivity contribution is 5.97. The molecule has 0 spiro atoms. The maximum absolute atomic E-state index is 11.8. The number of guanidine groups is 1. The minimum atomic E-state index is -0.0837. The number of hydrogen-bond donors (Lipinski definition) is 2. The zero-order valence-corrected chi connectivity index (χ0v) is 16.1. The van der Waals surface area contributed by atoms with Crippen LogP contribution in [0.15, 0.2) is 47.7 Å². The van der Waals surface area contributed by atoms with Gasteiger partial charge in [-0.15, -0.1) is 0 Å². The minimum Gasteiger partial charge on any atom is -0.356 e. The summed E-state index contributed by atoms with van der Waals surface area (Å²) < 4.78 is 1.83. The average molecular weight is 382 g/mol. The molecule has 1 aromatic carbocycles. The fourth-order valence-electron chi connectivity index (χ4n) is 3.12. The Morgan fingerprint density at radius 2 is 1.82 bits per heavy atom. The van der Waals surface area contributed by atoms with E-state index < -0.39 is 0 Å². The molecule has 28 heavy (non-hydrogen) atoms. The number of nitrogens with zero attached hydrogens (tertiary/aromatic N) is 4. The van der Waals surface area contributed by atoms with Gasteiger partial charge in [-0.25, -0.2) is 4.68 Å². The molecule has 2 aromatic rings. The molecule has 1 fully saturated rings. The van der Waals surface area contributed by atoms with Crippen molar-refractivity contribution in [2.75, 3.05) is 26.7 Å². The second kappa shape index (κ2) is 9.68. The van der Waals surface area contributed by atoms with Crippen molar-refractivity contribution in [1.29, 1.82) is 0 Å². The summed E-state index contributed by atoms with van der Waals surface area (Å²) in [7, 11) is 1.70. The van der Waals surface area contributed by atoms with Crippen LogP contribution in [0.4, 0.5) is 0 Å². The summed E-state index contributed by atoms with van der Waals surface area (Å²) >= 11 is 0. The quantitative estimate of drug-likeness (QED) is 0.425. The number of aromatic nitrogens is 2. The first-order chi connectivity index (χ1) is 13.7. The van der Waals surface area contributed by atoms with Crippen molar-refractivity contribution in [3.63, 3.8) is 0 Å². The Labute approximate surface area is 164 Å². The molecule has 0 unspecified atom stereocenters. The van der Waals surface area contributed by atoms with Gasteiger partial charge in [0.25, 0.3) is 0 Å². The van der Waals surface area contributed by atoms with Crippen molar-refractivity contribution in [2.24, 2.45) is 4.99 Å². The van der Waals surface area contributed by atoms with Crippen LogP contribution in [-0.4, -0.2) is 59.1 Å². The highest BCUT2D eigenvalue weighted by Crippen LogP contribution is 2.11.